The van der Waals surface area contributed by atoms with Gasteiger partial charge in [0.25, 0.3) is 0 Å². The predicted octanol–water partition coefficient (Wildman–Crippen LogP) is 14.6. The lowest BCUT2D eigenvalue weighted by Crippen LogP contribution is -2.00. The Hall–Kier alpha value is -7.95. The van der Waals surface area contributed by atoms with Gasteiger partial charge in [0.15, 0.2) is 17.5 Å². The zero-order chi connectivity index (χ0) is 39.1. The molecule has 4 heteroatoms. The van der Waals surface area contributed by atoms with Gasteiger partial charge < -0.3 is 4.42 Å². The molecular formula is C55H35N3O. The third kappa shape index (κ3) is 6.24. The largest absolute Gasteiger partial charge is 0.455 e. The van der Waals surface area contributed by atoms with Gasteiger partial charge in [0.1, 0.15) is 11.2 Å². The molecule has 11 aromatic rings. The van der Waals surface area contributed by atoms with Crippen LogP contribution in [0.4, 0.5) is 0 Å². The van der Waals surface area contributed by atoms with Crippen molar-refractivity contribution in [3.8, 4) is 78.7 Å². The van der Waals surface area contributed by atoms with Gasteiger partial charge in [-0.05, 0) is 61.8 Å². The molecule has 0 aliphatic rings. The number of nitrogens with zero attached hydrogens (tertiary/aromatic N) is 3. The molecule has 2 heterocycles. The molecule has 0 aliphatic carbocycles. The van der Waals surface area contributed by atoms with Crippen LogP contribution in [-0.4, -0.2) is 15.0 Å². The molecule has 0 unspecified atom stereocenters. The fourth-order valence-corrected chi connectivity index (χ4v) is 8.31. The molecule has 0 saturated heterocycles. The van der Waals surface area contributed by atoms with Gasteiger partial charge in [0.2, 0.25) is 0 Å². The van der Waals surface area contributed by atoms with E-state index >= 15 is 0 Å². The number of aromatic nitrogens is 3. The van der Waals surface area contributed by atoms with Crippen molar-refractivity contribution < 1.29 is 4.42 Å². The van der Waals surface area contributed by atoms with Crippen molar-refractivity contribution in [2.24, 2.45) is 0 Å². The third-order valence-electron chi connectivity index (χ3n) is 11.2. The normalized spacial score (nSPS) is 11.4. The van der Waals surface area contributed by atoms with E-state index in [-0.39, 0.29) is 0 Å². The Kier molecular flexibility index (Phi) is 8.45. The number of hydrogen-bond donors (Lipinski definition) is 0. The zero-order valence-electron chi connectivity index (χ0n) is 32.0. The summed E-state index contributed by atoms with van der Waals surface area (Å²) in [6.07, 6.45) is 0. The summed E-state index contributed by atoms with van der Waals surface area (Å²) in [7, 11) is 0. The average Bonchev–Trinajstić information content (AvgIpc) is 3.71. The first-order valence-corrected chi connectivity index (χ1v) is 19.9. The second kappa shape index (κ2) is 14.5. The maximum absolute atomic E-state index is 6.84. The molecule has 0 aliphatic heterocycles. The molecule has 0 N–H and O–H groups in total. The molecule has 11 rings (SSSR count). The lowest BCUT2D eigenvalue weighted by atomic mass is 9.91. The molecule has 0 amide bonds. The molecule has 0 fully saturated rings. The van der Waals surface area contributed by atoms with E-state index in [2.05, 4.69) is 188 Å². The highest BCUT2D eigenvalue weighted by molar-refractivity contribution is 6.17. The van der Waals surface area contributed by atoms with Gasteiger partial charge in [-0.25, -0.2) is 15.0 Å². The molecule has 0 saturated carbocycles. The van der Waals surface area contributed by atoms with Gasteiger partial charge >= 0.3 is 0 Å². The Labute approximate surface area is 341 Å². The Balaban J connectivity index is 1.09. The number of rotatable bonds is 7. The first-order chi connectivity index (χ1) is 29.2. The van der Waals surface area contributed by atoms with Gasteiger partial charge in [0, 0.05) is 33.0 Å². The summed E-state index contributed by atoms with van der Waals surface area (Å²) in [5.41, 5.74) is 13.4. The molecule has 59 heavy (non-hydrogen) atoms. The van der Waals surface area contributed by atoms with Crippen LogP contribution in [0.25, 0.3) is 111 Å². The van der Waals surface area contributed by atoms with E-state index in [0.717, 1.165) is 72.0 Å². The number of benzene rings is 9. The van der Waals surface area contributed by atoms with Crippen molar-refractivity contribution in [3.63, 3.8) is 0 Å². The van der Waals surface area contributed by atoms with Crippen molar-refractivity contribution in [1.29, 1.82) is 0 Å². The molecule has 0 bridgehead atoms. The summed E-state index contributed by atoms with van der Waals surface area (Å²) in [5.74, 6) is 1.79. The van der Waals surface area contributed by atoms with E-state index in [1.807, 2.05) is 24.3 Å². The highest BCUT2D eigenvalue weighted by atomic mass is 16.3. The summed E-state index contributed by atoms with van der Waals surface area (Å²) in [4.78, 5) is 15.6. The van der Waals surface area contributed by atoms with Crippen LogP contribution in [-0.2, 0) is 0 Å². The minimum Gasteiger partial charge on any atom is -0.455 e. The first kappa shape index (κ1) is 34.3. The number of hydrogen-bond acceptors (Lipinski definition) is 4. The molecule has 0 radical (unpaired) electrons. The summed E-state index contributed by atoms with van der Waals surface area (Å²) in [6, 6.07) is 73.9. The summed E-state index contributed by atoms with van der Waals surface area (Å²) in [6.45, 7) is 0. The molecule has 4 nitrogen and oxygen atoms in total. The highest BCUT2D eigenvalue weighted by Gasteiger charge is 2.21. The van der Waals surface area contributed by atoms with E-state index < -0.39 is 0 Å². The van der Waals surface area contributed by atoms with Crippen LogP contribution in [0.15, 0.2) is 217 Å². The molecule has 0 spiro atoms. The van der Waals surface area contributed by atoms with E-state index in [1.165, 1.54) is 21.9 Å². The third-order valence-corrected chi connectivity index (χ3v) is 11.2. The number of fused-ring (bicyclic) bond motifs is 4. The maximum Gasteiger partial charge on any atom is 0.164 e. The summed E-state index contributed by atoms with van der Waals surface area (Å²) in [5, 5.41) is 4.34. The van der Waals surface area contributed by atoms with E-state index in [1.54, 1.807) is 0 Å². The number of para-hydroxylation sites is 1. The van der Waals surface area contributed by atoms with E-state index in [9.17, 15) is 0 Å². The quantitative estimate of drug-likeness (QED) is 0.163. The lowest BCUT2D eigenvalue weighted by Gasteiger charge is -2.12. The van der Waals surface area contributed by atoms with Gasteiger partial charge in [-0.3, -0.25) is 0 Å². The fraction of sp³-hybridized carbons (Fsp3) is 0. The monoisotopic (exact) mass is 753 g/mol. The van der Waals surface area contributed by atoms with Crippen molar-refractivity contribution >= 4 is 32.7 Å². The summed E-state index contributed by atoms with van der Waals surface area (Å²) >= 11 is 0. The average molecular weight is 754 g/mol. The van der Waals surface area contributed by atoms with Crippen LogP contribution in [0.1, 0.15) is 0 Å². The van der Waals surface area contributed by atoms with Crippen LogP contribution < -0.4 is 0 Å². The number of furan rings is 1. The molecule has 9 aromatic carbocycles. The predicted molar refractivity (Wildman–Crippen MR) is 243 cm³/mol. The second-order valence-corrected chi connectivity index (χ2v) is 14.7. The minimum absolute atomic E-state index is 0.582. The Morgan fingerprint density at radius 1 is 0.271 bits per heavy atom. The fourth-order valence-electron chi connectivity index (χ4n) is 8.31. The van der Waals surface area contributed by atoms with Crippen molar-refractivity contribution in [2.45, 2.75) is 0 Å². The Morgan fingerprint density at radius 2 is 0.746 bits per heavy atom. The smallest absolute Gasteiger partial charge is 0.164 e. The Morgan fingerprint density at radius 3 is 1.47 bits per heavy atom. The zero-order valence-corrected chi connectivity index (χ0v) is 32.0. The standard InChI is InChI=1S/C55H35N3O/c1-4-15-36(16-5-1)38-29-31-40(32-30-38)53-56-54(42-22-12-21-41(35-42)37-17-6-2-7-18-37)58-55(57-53)49-27-14-28-50-51(49)48-26-13-25-47(52(48)59-50)46-34-33-43(39-19-8-3-9-20-39)44-23-10-11-24-45(44)46/h1-35H. The van der Waals surface area contributed by atoms with Crippen molar-refractivity contribution in [2.75, 3.05) is 0 Å². The summed E-state index contributed by atoms with van der Waals surface area (Å²) < 4.78 is 6.84. The Bertz CT molecular complexity index is 3300. The van der Waals surface area contributed by atoms with Crippen LogP contribution in [0.3, 0.4) is 0 Å². The first-order valence-electron chi connectivity index (χ1n) is 19.9. The van der Waals surface area contributed by atoms with Crippen LogP contribution in [0.2, 0.25) is 0 Å². The van der Waals surface area contributed by atoms with Gasteiger partial charge in [-0.2, -0.15) is 0 Å². The molecule has 276 valence electrons. The van der Waals surface area contributed by atoms with E-state index in [0.29, 0.717) is 17.5 Å². The van der Waals surface area contributed by atoms with Gasteiger partial charge in [-0.15, -0.1) is 0 Å². The topological polar surface area (TPSA) is 51.8 Å². The van der Waals surface area contributed by atoms with Crippen LogP contribution in [0.5, 0.6) is 0 Å². The highest BCUT2D eigenvalue weighted by Crippen LogP contribution is 2.43. The van der Waals surface area contributed by atoms with Crippen LogP contribution in [0, 0.1) is 0 Å². The second-order valence-electron chi connectivity index (χ2n) is 14.7. The maximum atomic E-state index is 6.84. The van der Waals surface area contributed by atoms with Gasteiger partial charge in [0.05, 0.1) is 0 Å². The van der Waals surface area contributed by atoms with E-state index in [4.69, 9.17) is 19.4 Å². The lowest BCUT2D eigenvalue weighted by molar-refractivity contribution is 0.670. The van der Waals surface area contributed by atoms with Crippen molar-refractivity contribution in [3.05, 3.63) is 212 Å². The molecule has 2 aromatic heterocycles. The molecular weight excluding hydrogens is 719 g/mol. The minimum atomic E-state index is 0.582. The van der Waals surface area contributed by atoms with Crippen molar-refractivity contribution in [1.82, 2.24) is 15.0 Å². The van der Waals surface area contributed by atoms with Crippen LogP contribution >= 0.6 is 0 Å². The molecule has 0 atom stereocenters. The van der Waals surface area contributed by atoms with Gasteiger partial charge in [-0.1, -0.05) is 200 Å². The SMILES string of the molecule is c1ccc(-c2ccc(-c3nc(-c4cccc(-c5ccccc5)c4)nc(-c4cccc5oc6c(-c7ccc(-c8ccccc8)c8ccccc78)cccc6c45)n3)cc2)cc1.